The van der Waals surface area contributed by atoms with Crippen LogP contribution in [0, 0.1) is 0 Å². The van der Waals surface area contributed by atoms with E-state index in [1.54, 1.807) is 11.9 Å². The molecule has 0 bridgehead atoms. The third-order valence-electron chi connectivity index (χ3n) is 2.22. The molecule has 0 rings (SSSR count). The number of hydrazine groups is 1. The molecule has 6 heteroatoms. The van der Waals surface area contributed by atoms with E-state index < -0.39 is 6.04 Å². The number of nitrogens with one attached hydrogen (secondary N) is 1. The van der Waals surface area contributed by atoms with Gasteiger partial charge in [0, 0.05) is 13.2 Å². The lowest BCUT2D eigenvalue weighted by Gasteiger charge is -2.30. The monoisotopic (exact) mass is 205 g/mol. The zero-order valence-corrected chi connectivity index (χ0v) is 8.86. The maximum atomic E-state index is 11.3. The molecule has 2 unspecified atom stereocenters. The minimum atomic E-state index is -0.479. The molecule has 0 aromatic rings. The van der Waals surface area contributed by atoms with Gasteiger partial charge in [-0.1, -0.05) is 0 Å². The third kappa shape index (κ3) is 3.59. The largest absolute Gasteiger partial charge is 0.395 e. The minimum Gasteiger partial charge on any atom is -0.395 e. The number of amides is 1. The number of nitrogens with zero attached hydrogens (tertiary/aromatic N) is 1. The molecule has 0 aliphatic carbocycles. The Labute approximate surface area is 84.0 Å². The Morgan fingerprint density at radius 2 is 2.29 bits per heavy atom. The van der Waals surface area contributed by atoms with Crippen LogP contribution in [0.25, 0.3) is 0 Å². The van der Waals surface area contributed by atoms with E-state index in [1.165, 1.54) is 7.11 Å². The van der Waals surface area contributed by atoms with Gasteiger partial charge in [0.2, 0.25) is 0 Å². The fraction of sp³-hybridized carbons (Fsp3) is 0.875. The number of aliphatic hydroxyl groups is 1. The number of likely N-dealkylation sites (N-methyl/N-ethyl adjacent to an activating group) is 1. The number of hydrogen-bond acceptors (Lipinski definition) is 5. The van der Waals surface area contributed by atoms with Gasteiger partial charge in [-0.2, -0.15) is 0 Å². The molecule has 0 saturated carbocycles. The molecule has 0 fully saturated rings. The first kappa shape index (κ1) is 13.3. The molecule has 14 heavy (non-hydrogen) atoms. The molecule has 0 aromatic heterocycles. The minimum absolute atomic E-state index is 0.0193. The van der Waals surface area contributed by atoms with E-state index in [0.29, 0.717) is 0 Å². The van der Waals surface area contributed by atoms with Crippen LogP contribution in [0.3, 0.4) is 0 Å². The summed E-state index contributed by atoms with van der Waals surface area (Å²) in [4.78, 5) is 13.0. The summed E-state index contributed by atoms with van der Waals surface area (Å²) in [6.07, 6.45) is 0. The Bertz CT molecular complexity index is 177. The average molecular weight is 205 g/mol. The fourth-order valence-corrected chi connectivity index (χ4v) is 1.07. The van der Waals surface area contributed by atoms with Crippen LogP contribution in [0.1, 0.15) is 6.92 Å². The van der Waals surface area contributed by atoms with Gasteiger partial charge < -0.3 is 9.84 Å². The lowest BCUT2D eigenvalue weighted by atomic mass is 10.2. The molecule has 6 nitrogen and oxygen atoms in total. The van der Waals surface area contributed by atoms with E-state index in [1.807, 2.05) is 6.92 Å². The molecule has 2 atom stereocenters. The van der Waals surface area contributed by atoms with Crippen molar-refractivity contribution in [2.75, 3.05) is 27.4 Å². The van der Waals surface area contributed by atoms with Crippen LogP contribution in [-0.4, -0.2) is 55.4 Å². The SMILES string of the molecule is COCC(C(=O)NN)N(C)C(C)CO. The molecule has 4 N–H and O–H groups in total. The van der Waals surface area contributed by atoms with Crippen molar-refractivity contribution in [1.82, 2.24) is 10.3 Å². The summed E-state index contributed by atoms with van der Waals surface area (Å²) in [5, 5.41) is 8.93. The average Bonchev–Trinajstić information content (AvgIpc) is 2.22. The maximum Gasteiger partial charge on any atom is 0.253 e. The van der Waals surface area contributed by atoms with E-state index in [4.69, 9.17) is 15.7 Å². The van der Waals surface area contributed by atoms with Crippen LogP contribution in [0.4, 0.5) is 0 Å². The highest BCUT2D eigenvalue weighted by molar-refractivity contribution is 5.81. The van der Waals surface area contributed by atoms with Gasteiger partial charge in [0.15, 0.2) is 0 Å². The zero-order chi connectivity index (χ0) is 11.1. The molecule has 1 amide bonds. The Balaban J connectivity index is 4.39. The van der Waals surface area contributed by atoms with Crippen LogP contribution < -0.4 is 11.3 Å². The molecule has 0 aliphatic heterocycles. The van der Waals surface area contributed by atoms with E-state index in [-0.39, 0.29) is 25.2 Å². The number of aliphatic hydroxyl groups excluding tert-OH is 1. The topological polar surface area (TPSA) is 87.8 Å². The Hall–Kier alpha value is -0.690. The molecule has 0 spiro atoms. The van der Waals surface area contributed by atoms with E-state index >= 15 is 0 Å². The van der Waals surface area contributed by atoms with Crippen molar-refractivity contribution < 1.29 is 14.6 Å². The number of carbonyl (C=O) groups excluding carboxylic acids is 1. The Morgan fingerprint density at radius 1 is 1.71 bits per heavy atom. The van der Waals surface area contributed by atoms with Crippen LogP contribution in [0.5, 0.6) is 0 Å². The van der Waals surface area contributed by atoms with E-state index in [9.17, 15) is 4.79 Å². The number of carbonyl (C=O) groups is 1. The summed E-state index contributed by atoms with van der Waals surface area (Å²) in [5.74, 6) is 4.71. The van der Waals surface area contributed by atoms with Crippen LogP contribution in [0.15, 0.2) is 0 Å². The number of methoxy groups -OCH3 is 1. The van der Waals surface area contributed by atoms with Gasteiger partial charge in [-0.25, -0.2) is 5.84 Å². The quantitative estimate of drug-likeness (QED) is 0.273. The summed E-state index contributed by atoms with van der Waals surface area (Å²) in [5.41, 5.74) is 2.07. The molecule has 0 aromatic carbocycles. The highest BCUT2D eigenvalue weighted by atomic mass is 16.5. The van der Waals surface area contributed by atoms with Crippen molar-refractivity contribution >= 4 is 5.91 Å². The predicted molar refractivity (Wildman–Crippen MR) is 52.3 cm³/mol. The van der Waals surface area contributed by atoms with Crippen molar-refractivity contribution in [3.05, 3.63) is 0 Å². The summed E-state index contributed by atoms with van der Waals surface area (Å²) in [7, 11) is 3.24. The second-order valence-electron chi connectivity index (χ2n) is 3.18. The number of ether oxygens (including phenoxy) is 1. The normalized spacial score (nSPS) is 15.3. The van der Waals surface area contributed by atoms with Gasteiger partial charge in [-0.05, 0) is 14.0 Å². The first-order chi connectivity index (χ1) is 6.58. The predicted octanol–water partition coefficient (Wildman–Crippen LogP) is -1.70. The molecule has 0 radical (unpaired) electrons. The Kier molecular flexibility index (Phi) is 6.39. The summed E-state index contributed by atoms with van der Waals surface area (Å²) >= 11 is 0. The maximum absolute atomic E-state index is 11.3. The van der Waals surface area contributed by atoms with Crippen molar-refractivity contribution in [3.8, 4) is 0 Å². The smallest absolute Gasteiger partial charge is 0.253 e. The van der Waals surface area contributed by atoms with Gasteiger partial charge in [-0.3, -0.25) is 15.1 Å². The van der Waals surface area contributed by atoms with Crippen molar-refractivity contribution in [3.63, 3.8) is 0 Å². The summed E-state index contributed by atoms with van der Waals surface area (Å²) in [6.45, 7) is 2.03. The van der Waals surface area contributed by atoms with Crippen LogP contribution in [-0.2, 0) is 9.53 Å². The highest BCUT2D eigenvalue weighted by Crippen LogP contribution is 2.03. The van der Waals surface area contributed by atoms with Gasteiger partial charge >= 0.3 is 0 Å². The summed E-state index contributed by atoms with van der Waals surface area (Å²) in [6, 6.07) is -0.598. The summed E-state index contributed by atoms with van der Waals surface area (Å²) < 4.78 is 4.90. The highest BCUT2D eigenvalue weighted by Gasteiger charge is 2.25. The van der Waals surface area contributed by atoms with Crippen molar-refractivity contribution in [2.24, 2.45) is 5.84 Å². The van der Waals surface area contributed by atoms with Crippen molar-refractivity contribution in [2.45, 2.75) is 19.0 Å². The lowest BCUT2D eigenvalue weighted by molar-refractivity contribution is -0.129. The van der Waals surface area contributed by atoms with Gasteiger partial charge in [-0.15, -0.1) is 0 Å². The van der Waals surface area contributed by atoms with E-state index in [2.05, 4.69) is 5.43 Å². The molecule has 0 heterocycles. The number of hydrogen-bond donors (Lipinski definition) is 3. The van der Waals surface area contributed by atoms with Crippen molar-refractivity contribution in [1.29, 1.82) is 0 Å². The Morgan fingerprint density at radius 3 is 2.64 bits per heavy atom. The van der Waals surface area contributed by atoms with E-state index in [0.717, 1.165) is 0 Å². The second-order valence-corrected chi connectivity index (χ2v) is 3.18. The number of rotatable bonds is 6. The number of nitrogens with two attached hydrogens (primary N) is 1. The van der Waals surface area contributed by atoms with Gasteiger partial charge in [0.1, 0.15) is 6.04 Å². The third-order valence-corrected chi connectivity index (χ3v) is 2.22. The van der Waals surface area contributed by atoms with Gasteiger partial charge in [0.25, 0.3) is 5.91 Å². The molecular formula is C8H19N3O3. The van der Waals surface area contributed by atoms with Crippen LogP contribution >= 0.6 is 0 Å². The molecular weight excluding hydrogens is 186 g/mol. The molecule has 84 valence electrons. The molecule has 0 saturated heterocycles. The molecule has 0 aliphatic rings. The first-order valence-electron chi connectivity index (χ1n) is 4.40. The second kappa shape index (κ2) is 6.72. The fourth-order valence-electron chi connectivity index (χ4n) is 1.07. The standard InChI is InChI=1S/C8H19N3O3/c1-6(4-12)11(2)7(5-14-3)8(13)10-9/h6-7,12H,4-5,9H2,1-3H3,(H,10,13). The zero-order valence-electron chi connectivity index (χ0n) is 8.86. The lowest BCUT2D eigenvalue weighted by Crippen LogP contribution is -2.53. The first-order valence-corrected chi connectivity index (χ1v) is 4.40. The van der Waals surface area contributed by atoms with Gasteiger partial charge in [0.05, 0.1) is 13.2 Å². The van der Waals surface area contributed by atoms with Crippen LogP contribution in [0.2, 0.25) is 0 Å².